The van der Waals surface area contributed by atoms with E-state index in [1.54, 1.807) is 7.11 Å². The van der Waals surface area contributed by atoms with Crippen LogP contribution in [0.2, 0.25) is 0 Å². The van der Waals surface area contributed by atoms with Crippen molar-refractivity contribution in [3.8, 4) is 5.75 Å². The molecule has 1 heterocycles. The number of aryl methyl sites for hydroxylation is 1. The molecule has 1 aromatic carbocycles. The predicted octanol–water partition coefficient (Wildman–Crippen LogP) is 3.35. The summed E-state index contributed by atoms with van der Waals surface area (Å²) in [5.74, 6) is 1.51. The molecule has 2 aromatic rings. The zero-order chi connectivity index (χ0) is 12.5. The summed E-state index contributed by atoms with van der Waals surface area (Å²) in [5, 5.41) is 0. The van der Waals surface area contributed by atoms with Gasteiger partial charge < -0.3 is 14.7 Å². The molecule has 1 aromatic heterocycles. The predicted molar refractivity (Wildman–Crippen MR) is 73.7 cm³/mol. The minimum absolute atomic E-state index is 0.566. The lowest BCUT2D eigenvalue weighted by Crippen LogP contribution is -1.99. The zero-order valence-electron chi connectivity index (χ0n) is 10.3. The van der Waals surface area contributed by atoms with E-state index >= 15 is 0 Å². The Morgan fingerprint density at radius 1 is 1.44 bits per heavy atom. The topological polar surface area (TPSA) is 40.8 Å². The van der Waals surface area contributed by atoms with Crippen LogP contribution in [-0.4, -0.2) is 17.1 Å². The van der Waals surface area contributed by atoms with Crippen LogP contribution in [-0.2, 0) is 12.8 Å². The van der Waals surface area contributed by atoms with Crippen LogP contribution in [0.3, 0.4) is 0 Å². The molecule has 1 atom stereocenters. The SMILES string of the molecule is COc1ccc2c(c1)C(Cc1c[nH]c(=S)[nH]1)CC2. The Morgan fingerprint density at radius 2 is 2.33 bits per heavy atom. The van der Waals surface area contributed by atoms with E-state index in [9.17, 15) is 0 Å². The van der Waals surface area contributed by atoms with Gasteiger partial charge in [-0.2, -0.15) is 0 Å². The van der Waals surface area contributed by atoms with E-state index in [1.807, 2.05) is 12.3 Å². The summed E-state index contributed by atoms with van der Waals surface area (Å²) in [5.41, 5.74) is 4.06. The number of aromatic amines is 2. The molecule has 0 bridgehead atoms. The fraction of sp³-hybridized carbons (Fsp3) is 0.357. The first kappa shape index (κ1) is 11.5. The van der Waals surface area contributed by atoms with Gasteiger partial charge >= 0.3 is 0 Å². The Labute approximate surface area is 111 Å². The zero-order valence-corrected chi connectivity index (χ0v) is 11.1. The molecule has 3 rings (SSSR count). The fourth-order valence-electron chi connectivity index (χ4n) is 2.75. The minimum Gasteiger partial charge on any atom is -0.497 e. The molecule has 18 heavy (non-hydrogen) atoms. The van der Waals surface area contributed by atoms with Gasteiger partial charge in [-0.25, -0.2) is 0 Å². The number of methoxy groups -OCH3 is 1. The minimum atomic E-state index is 0.566. The number of hydrogen-bond donors (Lipinski definition) is 2. The van der Waals surface area contributed by atoms with Gasteiger partial charge in [0.25, 0.3) is 0 Å². The number of fused-ring (bicyclic) bond motifs is 1. The molecular weight excluding hydrogens is 244 g/mol. The molecule has 0 radical (unpaired) electrons. The molecule has 1 aliphatic carbocycles. The number of rotatable bonds is 3. The third-order valence-corrected chi connectivity index (χ3v) is 3.89. The lowest BCUT2D eigenvalue weighted by Gasteiger charge is -2.11. The number of imidazole rings is 1. The summed E-state index contributed by atoms with van der Waals surface area (Å²) in [4.78, 5) is 6.21. The van der Waals surface area contributed by atoms with Gasteiger partial charge in [0, 0.05) is 11.9 Å². The van der Waals surface area contributed by atoms with Gasteiger partial charge in [-0.15, -0.1) is 0 Å². The number of ether oxygens (including phenoxy) is 1. The van der Waals surface area contributed by atoms with Crippen LogP contribution in [0.1, 0.15) is 29.2 Å². The van der Waals surface area contributed by atoms with E-state index in [-0.39, 0.29) is 0 Å². The molecule has 1 aliphatic rings. The lowest BCUT2D eigenvalue weighted by atomic mass is 9.96. The Morgan fingerprint density at radius 3 is 3.06 bits per heavy atom. The van der Waals surface area contributed by atoms with Crippen LogP contribution < -0.4 is 4.74 Å². The second-order valence-corrected chi connectivity index (χ2v) is 5.18. The highest BCUT2D eigenvalue weighted by Crippen LogP contribution is 2.37. The molecule has 0 amide bonds. The van der Waals surface area contributed by atoms with Gasteiger partial charge in [-0.05, 0) is 60.7 Å². The molecule has 0 fully saturated rings. The first-order valence-electron chi connectivity index (χ1n) is 6.19. The first-order valence-corrected chi connectivity index (χ1v) is 6.60. The third-order valence-electron chi connectivity index (χ3n) is 3.67. The first-order chi connectivity index (χ1) is 8.76. The van der Waals surface area contributed by atoms with E-state index in [4.69, 9.17) is 17.0 Å². The fourth-order valence-corrected chi connectivity index (χ4v) is 2.94. The summed E-state index contributed by atoms with van der Waals surface area (Å²) < 4.78 is 6.01. The molecule has 0 saturated carbocycles. The van der Waals surface area contributed by atoms with E-state index in [1.165, 1.54) is 23.2 Å². The summed E-state index contributed by atoms with van der Waals surface area (Å²) in [7, 11) is 1.72. The standard InChI is InChI=1S/C14H16N2OS/c1-17-12-5-4-9-2-3-10(13(9)7-12)6-11-8-15-14(18)16-11/h4-5,7-8,10H,2-3,6H2,1H3,(H2,15,16,18). The molecule has 0 spiro atoms. The maximum atomic E-state index is 5.31. The van der Waals surface area contributed by atoms with Gasteiger partial charge in [-0.1, -0.05) is 6.07 Å². The van der Waals surface area contributed by atoms with Gasteiger partial charge in [0.15, 0.2) is 4.77 Å². The summed E-state index contributed by atoms with van der Waals surface area (Å²) in [6.07, 6.45) is 5.34. The second kappa shape index (κ2) is 4.61. The summed E-state index contributed by atoms with van der Waals surface area (Å²) in [6, 6.07) is 6.41. The van der Waals surface area contributed by atoms with Gasteiger partial charge in [0.05, 0.1) is 7.11 Å². The smallest absolute Gasteiger partial charge is 0.174 e. The number of nitrogens with one attached hydrogen (secondary N) is 2. The van der Waals surface area contributed by atoms with E-state index in [0.29, 0.717) is 10.7 Å². The average molecular weight is 260 g/mol. The van der Waals surface area contributed by atoms with Crippen molar-refractivity contribution in [3.63, 3.8) is 0 Å². The van der Waals surface area contributed by atoms with E-state index in [0.717, 1.165) is 18.6 Å². The molecule has 0 aliphatic heterocycles. The van der Waals surface area contributed by atoms with Crippen LogP contribution >= 0.6 is 12.2 Å². The Bertz CT molecular complexity index is 614. The molecule has 4 heteroatoms. The quantitative estimate of drug-likeness (QED) is 0.831. The lowest BCUT2D eigenvalue weighted by molar-refractivity contribution is 0.414. The van der Waals surface area contributed by atoms with Crippen molar-refractivity contribution in [2.45, 2.75) is 25.2 Å². The Balaban J connectivity index is 1.87. The van der Waals surface area contributed by atoms with Crippen LogP contribution in [0.25, 0.3) is 0 Å². The molecule has 1 unspecified atom stereocenters. The largest absolute Gasteiger partial charge is 0.497 e. The van der Waals surface area contributed by atoms with E-state index < -0.39 is 0 Å². The average Bonchev–Trinajstić information content (AvgIpc) is 2.96. The Kier molecular flexibility index (Phi) is 2.96. The number of aromatic nitrogens is 2. The van der Waals surface area contributed by atoms with Crippen molar-refractivity contribution >= 4 is 12.2 Å². The van der Waals surface area contributed by atoms with Gasteiger partial charge in [-0.3, -0.25) is 0 Å². The second-order valence-electron chi connectivity index (χ2n) is 4.77. The molecule has 2 N–H and O–H groups in total. The monoisotopic (exact) mass is 260 g/mol. The van der Waals surface area contributed by atoms with Gasteiger partial charge in [0.2, 0.25) is 0 Å². The number of H-pyrrole nitrogens is 2. The summed E-state index contributed by atoms with van der Waals surface area (Å²) >= 11 is 5.06. The van der Waals surface area contributed by atoms with Crippen molar-refractivity contribution in [3.05, 3.63) is 46.0 Å². The normalized spacial score (nSPS) is 17.7. The summed E-state index contributed by atoms with van der Waals surface area (Å²) in [6.45, 7) is 0. The van der Waals surface area contributed by atoms with Crippen molar-refractivity contribution < 1.29 is 4.74 Å². The maximum Gasteiger partial charge on any atom is 0.174 e. The van der Waals surface area contributed by atoms with E-state index in [2.05, 4.69) is 22.1 Å². The molecule has 3 nitrogen and oxygen atoms in total. The molecular formula is C14H16N2OS. The van der Waals surface area contributed by atoms with Crippen LogP contribution in [0.15, 0.2) is 24.4 Å². The highest BCUT2D eigenvalue weighted by Gasteiger charge is 2.23. The molecule has 94 valence electrons. The van der Waals surface area contributed by atoms with Crippen molar-refractivity contribution in [2.24, 2.45) is 0 Å². The highest BCUT2D eigenvalue weighted by molar-refractivity contribution is 7.71. The van der Waals surface area contributed by atoms with Crippen molar-refractivity contribution in [1.29, 1.82) is 0 Å². The van der Waals surface area contributed by atoms with Gasteiger partial charge in [0.1, 0.15) is 5.75 Å². The van der Waals surface area contributed by atoms with Crippen LogP contribution in [0.5, 0.6) is 5.75 Å². The Hall–Kier alpha value is -1.55. The van der Waals surface area contributed by atoms with Crippen molar-refractivity contribution in [1.82, 2.24) is 9.97 Å². The van der Waals surface area contributed by atoms with Crippen LogP contribution in [0.4, 0.5) is 0 Å². The van der Waals surface area contributed by atoms with Crippen molar-refractivity contribution in [2.75, 3.05) is 7.11 Å². The highest BCUT2D eigenvalue weighted by atomic mass is 32.1. The number of hydrogen-bond acceptors (Lipinski definition) is 2. The van der Waals surface area contributed by atoms with Crippen LogP contribution in [0, 0.1) is 4.77 Å². The molecule has 0 saturated heterocycles. The maximum absolute atomic E-state index is 5.31. The number of benzene rings is 1. The third kappa shape index (κ3) is 2.08.